The van der Waals surface area contributed by atoms with E-state index in [4.69, 9.17) is 15.7 Å². The molecule has 27 heavy (non-hydrogen) atoms. The number of aliphatic hydroxyl groups is 1. The van der Waals surface area contributed by atoms with Gasteiger partial charge in [-0.05, 0) is 18.1 Å². The van der Waals surface area contributed by atoms with Crippen molar-refractivity contribution in [1.82, 2.24) is 15.5 Å². The second-order valence-electron chi connectivity index (χ2n) is 6.26. The number of nitrogens with one attached hydrogen (secondary N) is 1. The first-order valence-electron chi connectivity index (χ1n) is 8.43. The van der Waals surface area contributed by atoms with Gasteiger partial charge < -0.3 is 19.7 Å². The molecule has 0 amide bonds. The average Bonchev–Trinajstić information content (AvgIpc) is 3.11. The Hall–Kier alpha value is -2.80. The van der Waals surface area contributed by atoms with E-state index in [0.717, 1.165) is 0 Å². The van der Waals surface area contributed by atoms with E-state index in [1.807, 2.05) is 13.8 Å². The molecule has 1 aromatic heterocycles. The first-order chi connectivity index (χ1) is 12.9. The number of ether oxygens (including phenoxy) is 1. The van der Waals surface area contributed by atoms with Gasteiger partial charge in [0.15, 0.2) is 0 Å². The number of nitrogens with zero attached hydrogens (tertiary/aromatic N) is 3. The van der Waals surface area contributed by atoms with Crippen LogP contribution in [0, 0.1) is 28.4 Å². The topological polar surface area (TPSA) is 124 Å². The average molecular weight is 374 g/mol. The molecule has 1 heterocycles. The second kappa shape index (κ2) is 9.78. The fraction of sp³-hybridized carbons (Fsp3) is 0.444. The molecule has 0 spiro atoms. The summed E-state index contributed by atoms with van der Waals surface area (Å²) in [4.78, 5) is 14.6. The van der Waals surface area contributed by atoms with Gasteiger partial charge in [0.2, 0.25) is 11.7 Å². The molecule has 2 unspecified atom stereocenters. The highest BCUT2D eigenvalue weighted by Gasteiger charge is 2.23. The third-order valence-corrected chi connectivity index (χ3v) is 3.78. The first-order valence-corrected chi connectivity index (χ1v) is 8.43. The van der Waals surface area contributed by atoms with Crippen LogP contribution in [0.4, 0.5) is 5.69 Å². The SMILES string of the molecule is C#CCOCC(O)CNC(c1nc(-c2ccc([N+](=O)[O-])cc2)no1)C(C)C. The smallest absolute Gasteiger partial charge is 0.269 e. The summed E-state index contributed by atoms with van der Waals surface area (Å²) in [7, 11) is 0. The van der Waals surface area contributed by atoms with Gasteiger partial charge in [-0.25, -0.2) is 0 Å². The number of benzene rings is 1. The van der Waals surface area contributed by atoms with Gasteiger partial charge >= 0.3 is 0 Å². The van der Waals surface area contributed by atoms with Crippen molar-refractivity contribution in [2.75, 3.05) is 19.8 Å². The number of aromatic nitrogens is 2. The minimum Gasteiger partial charge on any atom is -0.389 e. The maximum atomic E-state index is 10.7. The summed E-state index contributed by atoms with van der Waals surface area (Å²) in [6.07, 6.45) is 4.37. The van der Waals surface area contributed by atoms with Crippen molar-refractivity contribution in [3.63, 3.8) is 0 Å². The standard InChI is InChI=1S/C18H22N4O5/c1-4-9-26-11-15(23)10-19-16(12(2)3)18-20-17(21-27-18)13-5-7-14(8-6-13)22(24)25/h1,5-8,12,15-16,19,23H,9-11H2,2-3H3. The zero-order valence-corrected chi connectivity index (χ0v) is 15.2. The molecule has 0 bridgehead atoms. The zero-order valence-electron chi connectivity index (χ0n) is 15.2. The Morgan fingerprint density at radius 2 is 2.11 bits per heavy atom. The van der Waals surface area contributed by atoms with Crippen LogP contribution in [0.25, 0.3) is 11.4 Å². The largest absolute Gasteiger partial charge is 0.389 e. The number of terminal acetylenes is 1. The Labute approximate surface area is 156 Å². The van der Waals surface area contributed by atoms with Crippen molar-refractivity contribution in [1.29, 1.82) is 0 Å². The van der Waals surface area contributed by atoms with E-state index in [1.54, 1.807) is 12.1 Å². The summed E-state index contributed by atoms with van der Waals surface area (Å²) in [5, 5.41) is 27.8. The zero-order chi connectivity index (χ0) is 19.8. The molecule has 2 aromatic rings. The molecular weight excluding hydrogens is 352 g/mol. The van der Waals surface area contributed by atoms with Crippen LogP contribution >= 0.6 is 0 Å². The van der Waals surface area contributed by atoms with Crippen molar-refractivity contribution in [3.05, 3.63) is 40.3 Å². The van der Waals surface area contributed by atoms with Crippen LogP contribution in [-0.2, 0) is 4.74 Å². The van der Waals surface area contributed by atoms with Crippen LogP contribution in [0.2, 0.25) is 0 Å². The lowest BCUT2D eigenvalue weighted by Crippen LogP contribution is -2.35. The van der Waals surface area contributed by atoms with Gasteiger partial charge in [0.05, 0.1) is 23.7 Å². The molecule has 1 aromatic carbocycles. The highest BCUT2D eigenvalue weighted by Crippen LogP contribution is 2.24. The molecule has 0 fully saturated rings. The minimum atomic E-state index is -0.725. The van der Waals surface area contributed by atoms with E-state index in [9.17, 15) is 15.2 Å². The number of nitro benzene ring substituents is 1. The Morgan fingerprint density at radius 3 is 2.70 bits per heavy atom. The van der Waals surface area contributed by atoms with Gasteiger partial charge in [-0.15, -0.1) is 6.42 Å². The predicted octanol–water partition coefficient (Wildman–Crippen LogP) is 1.94. The molecule has 2 N–H and O–H groups in total. The highest BCUT2D eigenvalue weighted by atomic mass is 16.6. The third kappa shape index (κ3) is 5.86. The lowest BCUT2D eigenvalue weighted by Gasteiger charge is -2.20. The number of nitro groups is 1. The van der Waals surface area contributed by atoms with Crippen LogP contribution in [-0.4, -0.2) is 46.0 Å². The number of hydrogen-bond donors (Lipinski definition) is 2. The van der Waals surface area contributed by atoms with E-state index >= 15 is 0 Å². The fourth-order valence-electron chi connectivity index (χ4n) is 2.39. The number of aliphatic hydroxyl groups excluding tert-OH is 1. The maximum Gasteiger partial charge on any atom is 0.269 e. The van der Waals surface area contributed by atoms with Gasteiger partial charge in [-0.3, -0.25) is 10.1 Å². The van der Waals surface area contributed by atoms with E-state index in [-0.39, 0.29) is 37.4 Å². The summed E-state index contributed by atoms with van der Waals surface area (Å²) in [5.74, 6) is 3.16. The van der Waals surface area contributed by atoms with Crippen molar-refractivity contribution in [2.24, 2.45) is 5.92 Å². The predicted molar refractivity (Wildman–Crippen MR) is 97.6 cm³/mol. The molecule has 2 rings (SSSR count). The molecule has 0 aliphatic carbocycles. The molecule has 9 heteroatoms. The van der Waals surface area contributed by atoms with Crippen molar-refractivity contribution in [3.8, 4) is 23.7 Å². The first kappa shape index (κ1) is 20.5. The van der Waals surface area contributed by atoms with Gasteiger partial charge in [0, 0.05) is 24.2 Å². The van der Waals surface area contributed by atoms with E-state index in [0.29, 0.717) is 17.3 Å². The Bertz CT molecular complexity index is 782. The van der Waals surface area contributed by atoms with Crippen LogP contribution in [0.3, 0.4) is 0 Å². The minimum absolute atomic E-state index is 0.00904. The van der Waals surface area contributed by atoms with Crippen LogP contribution < -0.4 is 5.32 Å². The van der Waals surface area contributed by atoms with Gasteiger partial charge in [0.25, 0.3) is 5.69 Å². The Balaban J connectivity index is 2.04. The number of rotatable bonds is 10. The molecule has 9 nitrogen and oxygen atoms in total. The van der Waals surface area contributed by atoms with E-state index in [2.05, 4.69) is 21.4 Å². The number of hydrogen-bond acceptors (Lipinski definition) is 8. The van der Waals surface area contributed by atoms with Crippen LogP contribution in [0.5, 0.6) is 0 Å². The van der Waals surface area contributed by atoms with Gasteiger partial charge in [0.1, 0.15) is 6.61 Å². The lowest BCUT2D eigenvalue weighted by molar-refractivity contribution is -0.384. The normalized spacial score (nSPS) is 13.3. The summed E-state index contributed by atoms with van der Waals surface area (Å²) < 4.78 is 10.5. The fourth-order valence-corrected chi connectivity index (χ4v) is 2.39. The molecule has 144 valence electrons. The van der Waals surface area contributed by atoms with Crippen molar-refractivity contribution in [2.45, 2.75) is 26.0 Å². The van der Waals surface area contributed by atoms with Gasteiger partial charge in [-0.2, -0.15) is 4.98 Å². The second-order valence-corrected chi connectivity index (χ2v) is 6.26. The monoisotopic (exact) mass is 374 g/mol. The third-order valence-electron chi connectivity index (χ3n) is 3.78. The number of non-ortho nitro benzene ring substituents is 1. The van der Waals surface area contributed by atoms with Crippen molar-refractivity contribution >= 4 is 5.69 Å². The summed E-state index contributed by atoms with van der Waals surface area (Å²) in [6.45, 7) is 4.50. The van der Waals surface area contributed by atoms with E-state index < -0.39 is 11.0 Å². The summed E-state index contributed by atoms with van der Waals surface area (Å²) in [5.41, 5.74) is 0.603. The molecule has 0 radical (unpaired) electrons. The maximum absolute atomic E-state index is 10.7. The van der Waals surface area contributed by atoms with Crippen molar-refractivity contribution < 1.29 is 19.3 Å². The molecule has 0 aliphatic rings. The summed E-state index contributed by atoms with van der Waals surface area (Å²) >= 11 is 0. The molecule has 0 aliphatic heterocycles. The molecule has 0 saturated heterocycles. The van der Waals surface area contributed by atoms with E-state index in [1.165, 1.54) is 12.1 Å². The Kier molecular flexibility index (Phi) is 7.43. The molecule has 2 atom stereocenters. The molecular formula is C18H22N4O5. The van der Waals surface area contributed by atoms with Gasteiger partial charge in [-0.1, -0.05) is 24.9 Å². The lowest BCUT2D eigenvalue weighted by atomic mass is 10.0. The van der Waals surface area contributed by atoms with Crippen LogP contribution in [0.1, 0.15) is 25.8 Å². The Morgan fingerprint density at radius 1 is 1.41 bits per heavy atom. The molecule has 0 saturated carbocycles. The summed E-state index contributed by atoms with van der Waals surface area (Å²) in [6, 6.07) is 5.63. The quantitative estimate of drug-likeness (QED) is 0.280. The van der Waals surface area contributed by atoms with Crippen LogP contribution in [0.15, 0.2) is 28.8 Å². The highest BCUT2D eigenvalue weighted by molar-refractivity contribution is 5.56.